The van der Waals surface area contributed by atoms with Gasteiger partial charge in [0.05, 0.1) is 13.7 Å². The number of halogens is 1. The van der Waals surface area contributed by atoms with Gasteiger partial charge in [0.2, 0.25) is 0 Å². The number of urea groups is 1. The fourth-order valence-electron chi connectivity index (χ4n) is 2.35. The van der Waals surface area contributed by atoms with E-state index in [0.29, 0.717) is 25.4 Å². The van der Waals surface area contributed by atoms with Crippen LogP contribution in [0.25, 0.3) is 0 Å². The normalized spacial score (nSPS) is 10.3. The second-order valence-corrected chi connectivity index (χ2v) is 5.91. The summed E-state index contributed by atoms with van der Waals surface area (Å²) in [6, 6.07) is 13.6. The lowest BCUT2D eigenvalue weighted by Gasteiger charge is -2.18. The first-order chi connectivity index (χ1) is 12.6. The molecule has 0 saturated heterocycles. The molecule has 6 heteroatoms. The SMILES string of the molecule is COc1ccc(CCCNC(=O)N(C)CCOc2ccc(F)cc2)cc1. The van der Waals surface area contributed by atoms with E-state index >= 15 is 0 Å². The van der Waals surface area contributed by atoms with Gasteiger partial charge in [-0.15, -0.1) is 0 Å². The zero-order chi connectivity index (χ0) is 18.8. The molecular weight excluding hydrogens is 335 g/mol. The Kier molecular flexibility index (Phi) is 7.74. The van der Waals surface area contributed by atoms with Gasteiger partial charge in [0.25, 0.3) is 0 Å². The van der Waals surface area contributed by atoms with Gasteiger partial charge in [0, 0.05) is 13.6 Å². The summed E-state index contributed by atoms with van der Waals surface area (Å²) in [5, 5.41) is 2.89. The van der Waals surface area contributed by atoms with Gasteiger partial charge in [-0.3, -0.25) is 0 Å². The number of benzene rings is 2. The molecule has 0 bridgehead atoms. The number of hydrogen-bond donors (Lipinski definition) is 1. The van der Waals surface area contributed by atoms with Crippen LogP contribution in [-0.2, 0) is 6.42 Å². The van der Waals surface area contributed by atoms with E-state index in [1.165, 1.54) is 17.7 Å². The molecule has 0 saturated carbocycles. The predicted octanol–water partition coefficient (Wildman–Crippen LogP) is 3.49. The fraction of sp³-hybridized carbons (Fsp3) is 0.350. The van der Waals surface area contributed by atoms with Crippen molar-refractivity contribution in [1.82, 2.24) is 10.2 Å². The molecule has 2 aromatic carbocycles. The standard InChI is InChI=1S/C20H25FN2O3/c1-23(14-15-26-19-11-7-17(21)8-12-19)20(24)22-13-3-4-16-5-9-18(25-2)10-6-16/h5-12H,3-4,13-15H2,1-2H3,(H,22,24). The largest absolute Gasteiger partial charge is 0.497 e. The maximum Gasteiger partial charge on any atom is 0.317 e. The van der Waals surface area contributed by atoms with Crippen LogP contribution in [0.1, 0.15) is 12.0 Å². The molecule has 5 nitrogen and oxygen atoms in total. The van der Waals surface area contributed by atoms with Crippen LogP contribution in [0.4, 0.5) is 9.18 Å². The topological polar surface area (TPSA) is 50.8 Å². The molecule has 0 aliphatic rings. The van der Waals surface area contributed by atoms with E-state index in [0.717, 1.165) is 18.6 Å². The van der Waals surface area contributed by atoms with Gasteiger partial charge in [-0.05, 0) is 54.8 Å². The predicted molar refractivity (Wildman–Crippen MR) is 99.2 cm³/mol. The van der Waals surface area contributed by atoms with Crippen molar-refractivity contribution in [3.63, 3.8) is 0 Å². The van der Waals surface area contributed by atoms with Crippen LogP contribution in [0.2, 0.25) is 0 Å². The van der Waals surface area contributed by atoms with Crippen LogP contribution < -0.4 is 14.8 Å². The first-order valence-electron chi connectivity index (χ1n) is 8.59. The van der Waals surface area contributed by atoms with Gasteiger partial charge >= 0.3 is 6.03 Å². The van der Waals surface area contributed by atoms with E-state index in [1.807, 2.05) is 24.3 Å². The van der Waals surface area contributed by atoms with E-state index in [2.05, 4.69) is 5.32 Å². The molecular formula is C20H25FN2O3. The van der Waals surface area contributed by atoms with Crippen molar-refractivity contribution in [3.8, 4) is 11.5 Å². The Morgan fingerprint density at radius 1 is 1.08 bits per heavy atom. The average Bonchev–Trinajstić information content (AvgIpc) is 2.67. The molecule has 0 fully saturated rings. The second kappa shape index (κ2) is 10.3. The van der Waals surface area contributed by atoms with Gasteiger partial charge < -0.3 is 19.7 Å². The highest BCUT2D eigenvalue weighted by Gasteiger charge is 2.07. The number of aryl methyl sites for hydroxylation is 1. The molecule has 0 aliphatic carbocycles. The van der Waals surface area contributed by atoms with E-state index in [-0.39, 0.29) is 11.8 Å². The van der Waals surface area contributed by atoms with Gasteiger partial charge in [0.1, 0.15) is 23.9 Å². The van der Waals surface area contributed by atoms with Gasteiger partial charge in [0.15, 0.2) is 0 Å². The van der Waals surface area contributed by atoms with Crippen molar-refractivity contribution in [2.75, 3.05) is 33.9 Å². The first-order valence-corrected chi connectivity index (χ1v) is 8.59. The van der Waals surface area contributed by atoms with Crippen LogP contribution in [0.3, 0.4) is 0 Å². The number of nitrogens with one attached hydrogen (secondary N) is 1. The Morgan fingerprint density at radius 2 is 1.73 bits per heavy atom. The smallest absolute Gasteiger partial charge is 0.317 e. The summed E-state index contributed by atoms with van der Waals surface area (Å²) in [4.78, 5) is 13.6. The molecule has 140 valence electrons. The number of hydrogen-bond acceptors (Lipinski definition) is 3. The average molecular weight is 360 g/mol. The first kappa shape index (κ1) is 19.6. The third-order valence-electron chi connectivity index (χ3n) is 3.93. The maximum atomic E-state index is 12.8. The molecule has 0 aromatic heterocycles. The molecule has 0 heterocycles. The van der Waals surface area contributed by atoms with Gasteiger partial charge in [-0.1, -0.05) is 12.1 Å². The van der Waals surface area contributed by atoms with E-state index < -0.39 is 0 Å². The lowest BCUT2D eigenvalue weighted by Crippen LogP contribution is -2.39. The molecule has 2 aromatic rings. The number of carbonyl (C=O) groups is 1. The molecule has 0 aliphatic heterocycles. The Bertz CT molecular complexity index is 674. The summed E-state index contributed by atoms with van der Waals surface area (Å²) in [5.74, 6) is 1.12. The van der Waals surface area contributed by atoms with E-state index in [4.69, 9.17) is 9.47 Å². The summed E-state index contributed by atoms with van der Waals surface area (Å²) in [6.45, 7) is 1.40. The molecule has 1 N–H and O–H groups in total. The molecule has 0 radical (unpaired) electrons. The number of nitrogens with zero attached hydrogens (tertiary/aromatic N) is 1. The van der Waals surface area contributed by atoms with Crippen molar-refractivity contribution in [2.45, 2.75) is 12.8 Å². The minimum absolute atomic E-state index is 0.137. The Morgan fingerprint density at radius 3 is 2.38 bits per heavy atom. The van der Waals surface area contributed by atoms with Crippen LogP contribution in [-0.4, -0.2) is 44.8 Å². The van der Waals surface area contributed by atoms with Crippen molar-refractivity contribution in [1.29, 1.82) is 0 Å². The summed E-state index contributed by atoms with van der Waals surface area (Å²) < 4.78 is 23.4. The van der Waals surface area contributed by atoms with E-state index in [9.17, 15) is 9.18 Å². The Balaban J connectivity index is 1.59. The van der Waals surface area contributed by atoms with Crippen LogP contribution in [0.15, 0.2) is 48.5 Å². The van der Waals surface area contributed by atoms with Gasteiger partial charge in [-0.2, -0.15) is 0 Å². The Labute approximate surface area is 153 Å². The summed E-state index contributed by atoms with van der Waals surface area (Å²) in [6.07, 6.45) is 1.75. The lowest BCUT2D eigenvalue weighted by molar-refractivity contribution is 0.195. The third-order valence-corrected chi connectivity index (χ3v) is 3.93. The van der Waals surface area contributed by atoms with Crippen molar-refractivity contribution in [2.24, 2.45) is 0 Å². The quantitative estimate of drug-likeness (QED) is 0.697. The Hall–Kier alpha value is -2.76. The second-order valence-electron chi connectivity index (χ2n) is 5.91. The minimum atomic E-state index is -0.302. The van der Waals surface area contributed by atoms with Gasteiger partial charge in [-0.25, -0.2) is 9.18 Å². The fourth-order valence-corrected chi connectivity index (χ4v) is 2.35. The van der Waals surface area contributed by atoms with Crippen molar-refractivity contribution < 1.29 is 18.7 Å². The number of ether oxygens (including phenoxy) is 2. The molecule has 26 heavy (non-hydrogen) atoms. The highest BCUT2D eigenvalue weighted by molar-refractivity contribution is 5.73. The third kappa shape index (κ3) is 6.63. The highest BCUT2D eigenvalue weighted by atomic mass is 19.1. The summed E-state index contributed by atoms with van der Waals surface area (Å²) >= 11 is 0. The zero-order valence-electron chi connectivity index (χ0n) is 15.2. The van der Waals surface area contributed by atoms with Crippen LogP contribution >= 0.6 is 0 Å². The zero-order valence-corrected chi connectivity index (χ0v) is 15.2. The lowest BCUT2D eigenvalue weighted by atomic mass is 10.1. The monoisotopic (exact) mass is 360 g/mol. The minimum Gasteiger partial charge on any atom is -0.497 e. The maximum absolute atomic E-state index is 12.8. The van der Waals surface area contributed by atoms with Crippen LogP contribution in [0, 0.1) is 5.82 Å². The molecule has 2 amide bonds. The van der Waals surface area contributed by atoms with Crippen molar-refractivity contribution >= 4 is 6.03 Å². The number of carbonyl (C=O) groups excluding carboxylic acids is 1. The van der Waals surface area contributed by atoms with Crippen LogP contribution in [0.5, 0.6) is 11.5 Å². The van der Waals surface area contributed by atoms with E-state index in [1.54, 1.807) is 31.2 Å². The molecule has 0 spiro atoms. The summed E-state index contributed by atoms with van der Waals surface area (Å²) in [7, 11) is 3.36. The highest BCUT2D eigenvalue weighted by Crippen LogP contribution is 2.12. The number of likely N-dealkylation sites (N-methyl/N-ethyl adjacent to an activating group) is 1. The molecule has 0 atom stereocenters. The molecule has 2 rings (SSSR count). The summed E-state index contributed by atoms with van der Waals surface area (Å²) in [5.41, 5.74) is 1.21. The number of amides is 2. The molecule has 0 unspecified atom stereocenters. The number of methoxy groups -OCH3 is 1. The van der Waals surface area contributed by atoms with Crippen molar-refractivity contribution in [3.05, 3.63) is 59.9 Å². The number of rotatable bonds is 9.